The zero-order valence-electron chi connectivity index (χ0n) is 9.76. The molecule has 88 valence electrons. The summed E-state index contributed by atoms with van der Waals surface area (Å²) in [4.78, 5) is 2.43. The summed E-state index contributed by atoms with van der Waals surface area (Å²) in [5.41, 5.74) is 2.89. The fourth-order valence-electron chi connectivity index (χ4n) is 2.78. The van der Waals surface area contributed by atoms with Crippen LogP contribution in [0.5, 0.6) is 0 Å². The normalized spacial score (nSPS) is 21.6. The van der Waals surface area contributed by atoms with Crippen LogP contribution in [0, 0.1) is 0 Å². The number of fused-ring (bicyclic) bond motifs is 1. The predicted molar refractivity (Wildman–Crippen MR) is 64.9 cm³/mol. The van der Waals surface area contributed by atoms with Gasteiger partial charge < -0.3 is 10.2 Å². The van der Waals surface area contributed by atoms with Crippen molar-refractivity contribution in [1.82, 2.24) is 15.5 Å². The molecule has 4 heteroatoms. The molecule has 4 nitrogen and oxygen atoms in total. The molecule has 1 aromatic rings. The summed E-state index contributed by atoms with van der Waals surface area (Å²) >= 11 is 0. The number of aromatic amines is 1. The van der Waals surface area contributed by atoms with Crippen LogP contribution in [0.2, 0.25) is 0 Å². The van der Waals surface area contributed by atoms with E-state index in [0.29, 0.717) is 0 Å². The van der Waals surface area contributed by atoms with Crippen LogP contribution in [0.25, 0.3) is 0 Å². The van der Waals surface area contributed by atoms with E-state index in [1.54, 1.807) is 0 Å². The topological polar surface area (TPSA) is 44.0 Å². The number of nitrogens with zero attached hydrogens (tertiary/aromatic N) is 2. The van der Waals surface area contributed by atoms with Gasteiger partial charge in [0.05, 0.1) is 0 Å². The Morgan fingerprint density at radius 3 is 2.69 bits per heavy atom. The average Bonchev–Trinajstić information content (AvgIpc) is 2.60. The van der Waals surface area contributed by atoms with Crippen LogP contribution in [-0.2, 0) is 12.8 Å². The van der Waals surface area contributed by atoms with Gasteiger partial charge in [-0.3, -0.25) is 5.10 Å². The first kappa shape index (κ1) is 10.1. The lowest BCUT2D eigenvalue weighted by Gasteiger charge is -2.28. The molecule has 0 atom stereocenters. The molecular formula is C12H20N4. The Morgan fingerprint density at radius 2 is 1.81 bits per heavy atom. The lowest BCUT2D eigenvalue weighted by molar-refractivity contribution is 0.582. The summed E-state index contributed by atoms with van der Waals surface area (Å²) in [6.45, 7) is 4.36. The number of H-pyrrole nitrogens is 1. The Kier molecular flexibility index (Phi) is 2.82. The lowest BCUT2D eigenvalue weighted by atomic mass is 10.1. The number of piperazine rings is 1. The fraction of sp³-hybridized carbons (Fsp3) is 0.750. The molecule has 0 bridgehead atoms. The number of aryl methyl sites for hydroxylation is 1. The second-order valence-electron chi connectivity index (χ2n) is 4.80. The molecule has 3 rings (SSSR count). The van der Waals surface area contributed by atoms with Crippen molar-refractivity contribution in [2.75, 3.05) is 31.1 Å². The molecule has 1 aliphatic carbocycles. The van der Waals surface area contributed by atoms with Gasteiger partial charge in [-0.1, -0.05) is 6.42 Å². The Hall–Kier alpha value is -1.03. The van der Waals surface area contributed by atoms with Gasteiger partial charge >= 0.3 is 0 Å². The molecule has 2 aliphatic rings. The minimum absolute atomic E-state index is 1.08. The Bertz CT molecular complexity index is 352. The summed E-state index contributed by atoms with van der Waals surface area (Å²) in [6, 6.07) is 0. The van der Waals surface area contributed by atoms with Gasteiger partial charge in [0.1, 0.15) is 0 Å². The number of hydrogen-bond acceptors (Lipinski definition) is 3. The highest BCUT2D eigenvalue weighted by Gasteiger charge is 2.21. The molecule has 2 N–H and O–H groups in total. The van der Waals surface area contributed by atoms with E-state index in [1.165, 1.54) is 49.2 Å². The quantitative estimate of drug-likeness (QED) is 0.696. The zero-order chi connectivity index (χ0) is 10.8. The summed E-state index contributed by atoms with van der Waals surface area (Å²) in [6.07, 6.45) is 6.41. The Morgan fingerprint density at radius 1 is 1.00 bits per heavy atom. The van der Waals surface area contributed by atoms with Gasteiger partial charge in [-0.2, -0.15) is 5.10 Å². The van der Waals surface area contributed by atoms with E-state index in [4.69, 9.17) is 0 Å². The molecular weight excluding hydrogens is 200 g/mol. The molecule has 1 aromatic heterocycles. The van der Waals surface area contributed by atoms with Crippen molar-refractivity contribution >= 4 is 5.82 Å². The van der Waals surface area contributed by atoms with Crippen LogP contribution in [0.3, 0.4) is 0 Å². The summed E-state index contributed by atoms with van der Waals surface area (Å²) in [5, 5.41) is 11.2. The monoisotopic (exact) mass is 220 g/mol. The van der Waals surface area contributed by atoms with E-state index in [9.17, 15) is 0 Å². The van der Waals surface area contributed by atoms with Crippen molar-refractivity contribution in [3.8, 4) is 0 Å². The van der Waals surface area contributed by atoms with E-state index in [2.05, 4.69) is 20.4 Å². The minimum Gasteiger partial charge on any atom is -0.352 e. The first-order valence-corrected chi connectivity index (χ1v) is 6.47. The highest BCUT2D eigenvalue weighted by Crippen LogP contribution is 2.27. The van der Waals surface area contributed by atoms with E-state index in [-0.39, 0.29) is 0 Å². The maximum atomic E-state index is 4.54. The number of aromatic nitrogens is 2. The van der Waals surface area contributed by atoms with Crippen LogP contribution in [0.15, 0.2) is 0 Å². The van der Waals surface area contributed by atoms with Gasteiger partial charge in [0, 0.05) is 37.4 Å². The van der Waals surface area contributed by atoms with Crippen molar-refractivity contribution in [1.29, 1.82) is 0 Å². The standard InChI is InChI=1S/C12H20N4/c1-2-4-10-11(5-3-1)14-15-12(10)16-8-6-13-7-9-16/h13H,1-9H2,(H,14,15). The van der Waals surface area contributed by atoms with Crippen LogP contribution in [0.4, 0.5) is 5.82 Å². The molecule has 0 spiro atoms. The summed E-state index contributed by atoms with van der Waals surface area (Å²) in [7, 11) is 0. The van der Waals surface area contributed by atoms with E-state index < -0.39 is 0 Å². The highest BCUT2D eigenvalue weighted by atomic mass is 15.3. The molecule has 1 saturated heterocycles. The second kappa shape index (κ2) is 4.45. The van der Waals surface area contributed by atoms with Crippen molar-refractivity contribution in [2.24, 2.45) is 0 Å². The van der Waals surface area contributed by atoms with Gasteiger partial charge in [-0.25, -0.2) is 0 Å². The molecule has 1 fully saturated rings. The highest BCUT2D eigenvalue weighted by molar-refractivity contribution is 5.50. The molecule has 0 unspecified atom stereocenters. The molecule has 2 heterocycles. The summed E-state index contributed by atoms with van der Waals surface area (Å²) < 4.78 is 0. The number of rotatable bonds is 1. The maximum absolute atomic E-state index is 4.54. The third-order valence-electron chi connectivity index (χ3n) is 3.70. The van der Waals surface area contributed by atoms with Crippen molar-refractivity contribution in [2.45, 2.75) is 32.1 Å². The Balaban J connectivity index is 1.86. The minimum atomic E-state index is 1.08. The molecule has 1 aliphatic heterocycles. The fourth-order valence-corrected chi connectivity index (χ4v) is 2.78. The molecule has 0 aromatic carbocycles. The molecule has 0 radical (unpaired) electrons. The SMILES string of the molecule is C1CCc2[nH]nc(N3CCNCC3)c2CC1. The second-order valence-corrected chi connectivity index (χ2v) is 4.80. The number of anilines is 1. The third-order valence-corrected chi connectivity index (χ3v) is 3.70. The first-order chi connectivity index (χ1) is 7.95. The number of hydrogen-bond donors (Lipinski definition) is 2. The van der Waals surface area contributed by atoms with Crippen molar-refractivity contribution < 1.29 is 0 Å². The van der Waals surface area contributed by atoms with Crippen LogP contribution < -0.4 is 10.2 Å². The van der Waals surface area contributed by atoms with Crippen LogP contribution in [-0.4, -0.2) is 36.4 Å². The van der Waals surface area contributed by atoms with E-state index in [0.717, 1.165) is 26.2 Å². The average molecular weight is 220 g/mol. The van der Waals surface area contributed by atoms with E-state index in [1.807, 2.05) is 0 Å². The summed E-state index contributed by atoms with van der Waals surface area (Å²) in [5.74, 6) is 1.23. The predicted octanol–water partition coefficient (Wildman–Crippen LogP) is 1.09. The largest absolute Gasteiger partial charge is 0.352 e. The maximum Gasteiger partial charge on any atom is 0.153 e. The third kappa shape index (κ3) is 1.82. The van der Waals surface area contributed by atoms with Crippen molar-refractivity contribution in [3.05, 3.63) is 11.3 Å². The van der Waals surface area contributed by atoms with Gasteiger partial charge in [0.15, 0.2) is 5.82 Å². The molecule has 16 heavy (non-hydrogen) atoms. The van der Waals surface area contributed by atoms with Crippen molar-refractivity contribution in [3.63, 3.8) is 0 Å². The van der Waals surface area contributed by atoms with Crippen LogP contribution >= 0.6 is 0 Å². The van der Waals surface area contributed by atoms with Gasteiger partial charge in [0.2, 0.25) is 0 Å². The first-order valence-electron chi connectivity index (χ1n) is 6.47. The van der Waals surface area contributed by atoms with Gasteiger partial charge in [-0.05, 0) is 25.7 Å². The van der Waals surface area contributed by atoms with Crippen LogP contribution in [0.1, 0.15) is 30.5 Å². The molecule has 0 amide bonds. The zero-order valence-corrected chi connectivity index (χ0v) is 9.76. The Labute approximate surface area is 96.4 Å². The van der Waals surface area contributed by atoms with Gasteiger partial charge in [-0.15, -0.1) is 0 Å². The molecule has 0 saturated carbocycles. The number of nitrogens with one attached hydrogen (secondary N) is 2. The van der Waals surface area contributed by atoms with Gasteiger partial charge in [0.25, 0.3) is 0 Å². The van der Waals surface area contributed by atoms with E-state index >= 15 is 0 Å². The lowest BCUT2D eigenvalue weighted by Crippen LogP contribution is -2.44. The smallest absolute Gasteiger partial charge is 0.153 e.